The van der Waals surface area contributed by atoms with Gasteiger partial charge in [-0.05, 0) is 12.5 Å². The van der Waals surface area contributed by atoms with Crippen molar-refractivity contribution in [2.45, 2.75) is 12.8 Å². The number of benzene rings is 1. The van der Waals surface area contributed by atoms with Crippen LogP contribution in [0.1, 0.15) is 33.6 Å². The molecule has 0 bridgehead atoms. The molecular formula is C11H10NO8S-. The fourth-order valence-corrected chi connectivity index (χ4v) is 2.05. The normalized spacial score (nSPS) is 11.1. The summed E-state index contributed by atoms with van der Waals surface area (Å²) in [6.07, 6.45) is -0.572. The molecule has 1 N–H and O–H groups in total. The molecule has 0 spiro atoms. The first-order valence-corrected chi connectivity index (χ1v) is 7.17. The lowest BCUT2D eigenvalue weighted by atomic mass is 10.0. The van der Waals surface area contributed by atoms with Crippen LogP contribution in [0.5, 0.6) is 0 Å². The van der Waals surface area contributed by atoms with Crippen molar-refractivity contribution in [3.05, 3.63) is 39.4 Å². The van der Waals surface area contributed by atoms with Gasteiger partial charge in [0, 0.05) is 29.9 Å². The van der Waals surface area contributed by atoms with Crippen LogP contribution in [0.4, 0.5) is 5.69 Å². The first-order chi connectivity index (χ1) is 9.60. The number of Topliss-reactive ketones (excluding diaryl/α,β-unsaturated/α-hetero) is 1. The fraction of sp³-hybridized carbons (Fsp3) is 0.273. The summed E-state index contributed by atoms with van der Waals surface area (Å²) in [5, 5.41) is 19.5. The van der Waals surface area contributed by atoms with Crippen LogP contribution in [-0.4, -0.2) is 40.5 Å². The summed E-state index contributed by atoms with van der Waals surface area (Å²) in [6, 6.07) is 2.67. The monoisotopic (exact) mass is 316 g/mol. The number of rotatable bonds is 7. The number of carbonyl (C=O) groups is 2. The highest BCUT2D eigenvalue weighted by Gasteiger charge is 2.17. The molecular weight excluding hydrogens is 306 g/mol. The topological polar surface area (TPSA) is 155 Å². The molecule has 114 valence electrons. The highest BCUT2D eigenvalue weighted by atomic mass is 32.2. The molecule has 1 aromatic rings. The number of nitro groups is 1. The van der Waals surface area contributed by atoms with Gasteiger partial charge in [-0.15, -0.1) is 0 Å². The Morgan fingerprint density at radius 2 is 1.76 bits per heavy atom. The molecule has 0 unspecified atom stereocenters. The van der Waals surface area contributed by atoms with E-state index in [1.165, 1.54) is 0 Å². The standard InChI is InChI=1S/C11H11NO8S/c13-10(2-1-3-21(18,19)20)7-4-8(11(14)15)6-9(5-7)12(16)17/h4-6H,1-3H2,(H,14,15)(H,18,19,20)/p-1. The lowest BCUT2D eigenvalue weighted by Crippen LogP contribution is -2.09. The zero-order valence-electron chi connectivity index (χ0n) is 10.5. The molecule has 10 heteroatoms. The summed E-state index contributed by atoms with van der Waals surface area (Å²) < 4.78 is 31.2. The van der Waals surface area contributed by atoms with Crippen LogP contribution < -0.4 is 0 Å². The van der Waals surface area contributed by atoms with Crippen LogP contribution in [0.25, 0.3) is 0 Å². The lowest BCUT2D eigenvalue weighted by Gasteiger charge is -2.06. The number of hydrogen-bond acceptors (Lipinski definition) is 7. The Bertz CT molecular complexity index is 662. The second kappa shape index (κ2) is 6.41. The van der Waals surface area contributed by atoms with Gasteiger partial charge in [-0.2, -0.15) is 0 Å². The average Bonchev–Trinajstić information content (AvgIpc) is 2.36. The molecule has 0 radical (unpaired) electrons. The lowest BCUT2D eigenvalue weighted by molar-refractivity contribution is -0.384. The van der Waals surface area contributed by atoms with Gasteiger partial charge in [-0.1, -0.05) is 0 Å². The number of nitrogens with zero attached hydrogens (tertiary/aromatic N) is 1. The number of carboxylic acids is 1. The Labute approximate surface area is 119 Å². The first kappa shape index (κ1) is 16.7. The van der Waals surface area contributed by atoms with E-state index in [4.69, 9.17) is 5.11 Å². The minimum absolute atomic E-state index is 0.218. The number of aromatic carboxylic acids is 1. The molecule has 1 rings (SSSR count). The van der Waals surface area contributed by atoms with Gasteiger partial charge in [0.2, 0.25) is 0 Å². The third-order valence-corrected chi connectivity index (χ3v) is 3.28. The molecule has 21 heavy (non-hydrogen) atoms. The van der Waals surface area contributed by atoms with E-state index >= 15 is 0 Å². The van der Waals surface area contributed by atoms with Crippen molar-refractivity contribution >= 4 is 27.6 Å². The SMILES string of the molecule is O=C(O)c1cc(C(=O)CCCS(=O)(=O)[O-])cc([N+](=O)[O-])c1. The molecule has 1 aromatic carbocycles. The first-order valence-electron chi connectivity index (χ1n) is 5.59. The summed E-state index contributed by atoms with van der Waals surface area (Å²) in [4.78, 5) is 32.4. The van der Waals surface area contributed by atoms with Gasteiger partial charge in [0.15, 0.2) is 5.78 Å². The molecule has 0 atom stereocenters. The van der Waals surface area contributed by atoms with Crippen molar-refractivity contribution < 1.29 is 32.6 Å². The van der Waals surface area contributed by atoms with Crippen molar-refractivity contribution in [1.82, 2.24) is 0 Å². The maximum absolute atomic E-state index is 11.8. The summed E-state index contributed by atoms with van der Waals surface area (Å²) in [6.45, 7) is 0. The van der Waals surface area contributed by atoms with Crippen LogP contribution in [0, 0.1) is 10.1 Å². The number of ketones is 1. The maximum atomic E-state index is 11.8. The Hall–Kier alpha value is -2.33. The predicted molar refractivity (Wildman–Crippen MR) is 68.2 cm³/mol. The Morgan fingerprint density at radius 1 is 1.19 bits per heavy atom. The molecule has 0 aliphatic carbocycles. The fourth-order valence-electron chi connectivity index (χ4n) is 1.55. The molecule has 0 heterocycles. The van der Waals surface area contributed by atoms with E-state index in [0.717, 1.165) is 18.2 Å². The van der Waals surface area contributed by atoms with Crippen molar-refractivity contribution in [1.29, 1.82) is 0 Å². The molecule has 0 amide bonds. The highest BCUT2D eigenvalue weighted by Crippen LogP contribution is 2.19. The quantitative estimate of drug-likeness (QED) is 0.335. The van der Waals surface area contributed by atoms with Gasteiger partial charge >= 0.3 is 5.97 Å². The number of carbonyl (C=O) groups excluding carboxylic acids is 1. The zero-order chi connectivity index (χ0) is 16.2. The second-order valence-electron chi connectivity index (χ2n) is 4.12. The van der Waals surface area contributed by atoms with Gasteiger partial charge in [-0.25, -0.2) is 13.2 Å². The van der Waals surface area contributed by atoms with E-state index in [0.29, 0.717) is 0 Å². The van der Waals surface area contributed by atoms with Crippen molar-refractivity contribution in [2.24, 2.45) is 0 Å². The van der Waals surface area contributed by atoms with Crippen LogP contribution in [0.15, 0.2) is 18.2 Å². The average molecular weight is 316 g/mol. The number of carboxylic acid groups (broad SMARTS) is 1. The van der Waals surface area contributed by atoms with Gasteiger partial charge in [-0.3, -0.25) is 14.9 Å². The molecule has 0 fully saturated rings. The van der Waals surface area contributed by atoms with Gasteiger partial charge < -0.3 is 9.66 Å². The number of nitro benzene ring substituents is 1. The highest BCUT2D eigenvalue weighted by molar-refractivity contribution is 7.85. The van der Waals surface area contributed by atoms with Crippen molar-refractivity contribution in [2.75, 3.05) is 5.75 Å². The molecule has 0 saturated carbocycles. The molecule has 0 aromatic heterocycles. The number of hydrogen-bond donors (Lipinski definition) is 1. The van der Waals surface area contributed by atoms with Gasteiger partial charge in [0.25, 0.3) is 5.69 Å². The molecule has 0 aliphatic rings. The third kappa shape index (κ3) is 5.28. The van der Waals surface area contributed by atoms with Crippen LogP contribution in [0.3, 0.4) is 0 Å². The predicted octanol–water partition coefficient (Wildman–Crippen LogP) is 0.801. The Morgan fingerprint density at radius 3 is 2.24 bits per heavy atom. The third-order valence-electron chi connectivity index (χ3n) is 2.50. The Balaban J connectivity index is 2.98. The number of non-ortho nitro benzene ring substituents is 1. The minimum atomic E-state index is -4.45. The van der Waals surface area contributed by atoms with E-state index in [9.17, 15) is 32.7 Å². The zero-order valence-corrected chi connectivity index (χ0v) is 11.3. The summed E-state index contributed by atoms with van der Waals surface area (Å²) in [7, 11) is -4.45. The largest absolute Gasteiger partial charge is 0.748 e. The van der Waals surface area contributed by atoms with Crippen LogP contribution in [-0.2, 0) is 10.1 Å². The smallest absolute Gasteiger partial charge is 0.335 e. The van der Waals surface area contributed by atoms with Crippen molar-refractivity contribution in [3.63, 3.8) is 0 Å². The maximum Gasteiger partial charge on any atom is 0.335 e. The van der Waals surface area contributed by atoms with Crippen LogP contribution in [0.2, 0.25) is 0 Å². The molecule has 9 nitrogen and oxygen atoms in total. The van der Waals surface area contributed by atoms with E-state index in [-0.39, 0.29) is 18.4 Å². The molecule has 0 aliphatic heterocycles. The summed E-state index contributed by atoms with van der Waals surface area (Å²) >= 11 is 0. The van der Waals surface area contributed by atoms with Crippen LogP contribution >= 0.6 is 0 Å². The van der Waals surface area contributed by atoms with Crippen molar-refractivity contribution in [3.8, 4) is 0 Å². The summed E-state index contributed by atoms with van der Waals surface area (Å²) in [5.41, 5.74) is -1.21. The van der Waals surface area contributed by atoms with Gasteiger partial charge in [0.1, 0.15) is 0 Å². The minimum Gasteiger partial charge on any atom is -0.748 e. The van der Waals surface area contributed by atoms with E-state index in [1.54, 1.807) is 0 Å². The Kier molecular flexibility index (Phi) is 5.11. The molecule has 0 saturated heterocycles. The second-order valence-corrected chi connectivity index (χ2v) is 5.64. The van der Waals surface area contributed by atoms with E-state index in [2.05, 4.69) is 0 Å². The van der Waals surface area contributed by atoms with Gasteiger partial charge in [0.05, 0.1) is 20.6 Å². The van der Waals surface area contributed by atoms with E-state index < -0.39 is 43.8 Å². The van der Waals surface area contributed by atoms with E-state index in [1.807, 2.05) is 0 Å². The summed E-state index contributed by atoms with van der Waals surface area (Å²) in [5.74, 6) is -2.85.